The summed E-state index contributed by atoms with van der Waals surface area (Å²) in [7, 11) is 1.57. The molecule has 2 amide bonds. The van der Waals surface area contributed by atoms with Crippen LogP contribution >= 0.6 is 0 Å². The molecule has 1 atom stereocenters. The number of ether oxygens (including phenoxy) is 3. The third-order valence-corrected chi connectivity index (χ3v) is 5.42. The Morgan fingerprint density at radius 1 is 0.914 bits per heavy atom. The molecule has 2 aromatic rings. The average molecular weight is 486 g/mol. The minimum Gasteiger partial charge on any atom is -0.497 e. The molecule has 186 valence electrons. The molecule has 12 heteroatoms. The Kier molecular flexibility index (Phi) is 8.57. The first-order valence-corrected chi connectivity index (χ1v) is 10.8. The normalized spacial score (nSPS) is 14.1. The topological polar surface area (TPSA) is 155 Å². The zero-order valence-corrected chi connectivity index (χ0v) is 19.1. The Morgan fingerprint density at radius 2 is 1.43 bits per heavy atom. The van der Waals surface area contributed by atoms with Crippen LogP contribution < -0.4 is 10.5 Å². The number of piperazine rings is 1. The van der Waals surface area contributed by atoms with Gasteiger partial charge in [-0.3, -0.25) is 14.9 Å². The first-order chi connectivity index (χ1) is 16.8. The predicted molar refractivity (Wildman–Crippen MR) is 122 cm³/mol. The van der Waals surface area contributed by atoms with Crippen LogP contribution in [0.5, 0.6) is 5.75 Å². The Balaban J connectivity index is 1.41. The number of esters is 1. The summed E-state index contributed by atoms with van der Waals surface area (Å²) in [5, 5.41) is 10.7. The van der Waals surface area contributed by atoms with E-state index in [1.165, 1.54) is 34.1 Å². The van der Waals surface area contributed by atoms with E-state index in [1.807, 2.05) is 0 Å². The van der Waals surface area contributed by atoms with E-state index in [0.29, 0.717) is 11.3 Å². The monoisotopic (exact) mass is 486 g/mol. The molecule has 0 spiro atoms. The quantitative estimate of drug-likeness (QED) is 0.253. The Hall–Kier alpha value is -4.19. The molecule has 1 unspecified atom stereocenters. The molecule has 2 N–H and O–H groups in total. The maximum Gasteiger partial charge on any atom is 0.410 e. The van der Waals surface area contributed by atoms with E-state index in [9.17, 15) is 24.5 Å². The van der Waals surface area contributed by atoms with E-state index in [0.717, 1.165) is 5.56 Å². The van der Waals surface area contributed by atoms with Crippen molar-refractivity contribution >= 4 is 23.7 Å². The summed E-state index contributed by atoms with van der Waals surface area (Å²) in [6.07, 6.45) is -0.500. The van der Waals surface area contributed by atoms with Crippen LogP contribution in [-0.4, -0.2) is 72.0 Å². The van der Waals surface area contributed by atoms with Crippen LogP contribution in [0.3, 0.4) is 0 Å². The van der Waals surface area contributed by atoms with Crippen molar-refractivity contribution in [2.24, 2.45) is 5.73 Å². The van der Waals surface area contributed by atoms with Crippen LogP contribution in [0.25, 0.3) is 0 Å². The number of hydrogen-bond acceptors (Lipinski definition) is 9. The van der Waals surface area contributed by atoms with Gasteiger partial charge in [-0.05, 0) is 35.4 Å². The highest BCUT2D eigenvalue weighted by Crippen LogP contribution is 2.14. The van der Waals surface area contributed by atoms with Crippen LogP contribution in [0.15, 0.2) is 48.5 Å². The van der Waals surface area contributed by atoms with Gasteiger partial charge in [0.1, 0.15) is 19.0 Å². The van der Waals surface area contributed by atoms with E-state index in [4.69, 9.17) is 19.9 Å². The van der Waals surface area contributed by atoms with Gasteiger partial charge in [0.2, 0.25) is 0 Å². The van der Waals surface area contributed by atoms with Gasteiger partial charge in [0, 0.05) is 38.3 Å². The number of nitro benzene ring substituents is 1. The van der Waals surface area contributed by atoms with Crippen LogP contribution in [0, 0.1) is 10.1 Å². The van der Waals surface area contributed by atoms with Crippen molar-refractivity contribution < 1.29 is 33.5 Å². The van der Waals surface area contributed by atoms with Crippen LogP contribution in [0.2, 0.25) is 0 Å². The molecule has 35 heavy (non-hydrogen) atoms. The molecule has 1 saturated heterocycles. The molecular weight excluding hydrogens is 460 g/mol. The van der Waals surface area contributed by atoms with Crippen molar-refractivity contribution in [2.45, 2.75) is 19.3 Å². The highest BCUT2D eigenvalue weighted by Gasteiger charge is 2.32. The zero-order chi connectivity index (χ0) is 25.4. The van der Waals surface area contributed by atoms with Gasteiger partial charge >= 0.3 is 12.1 Å². The number of nitrogens with two attached hydrogens (primary N) is 1. The fourth-order valence-electron chi connectivity index (χ4n) is 3.32. The van der Waals surface area contributed by atoms with Crippen molar-refractivity contribution in [1.29, 1.82) is 0 Å². The first kappa shape index (κ1) is 25.4. The Labute approximate surface area is 201 Å². The SMILES string of the molecule is COc1ccc(COC(=O)N2CCN(C(=O)C(N)C(=O)OCc3ccc([N+](=O)[O-])cc3)CC2)cc1. The van der Waals surface area contributed by atoms with Crippen molar-refractivity contribution in [3.8, 4) is 5.75 Å². The van der Waals surface area contributed by atoms with Gasteiger partial charge in [0.15, 0.2) is 6.04 Å². The van der Waals surface area contributed by atoms with Gasteiger partial charge in [0.25, 0.3) is 11.6 Å². The lowest BCUT2D eigenvalue weighted by molar-refractivity contribution is -0.384. The number of rotatable bonds is 8. The van der Waals surface area contributed by atoms with Gasteiger partial charge in [-0.1, -0.05) is 12.1 Å². The average Bonchev–Trinajstić information content (AvgIpc) is 2.90. The van der Waals surface area contributed by atoms with Gasteiger partial charge < -0.3 is 29.7 Å². The second-order valence-corrected chi connectivity index (χ2v) is 7.72. The fraction of sp³-hybridized carbons (Fsp3) is 0.348. The summed E-state index contributed by atoms with van der Waals surface area (Å²) in [6, 6.07) is 11.1. The molecule has 2 aromatic carbocycles. The van der Waals surface area contributed by atoms with E-state index >= 15 is 0 Å². The lowest BCUT2D eigenvalue weighted by Crippen LogP contribution is -2.56. The largest absolute Gasteiger partial charge is 0.497 e. The lowest BCUT2D eigenvalue weighted by atomic mass is 10.2. The molecule has 1 fully saturated rings. The van der Waals surface area contributed by atoms with Crippen molar-refractivity contribution in [2.75, 3.05) is 33.3 Å². The third-order valence-electron chi connectivity index (χ3n) is 5.42. The van der Waals surface area contributed by atoms with Crippen LogP contribution in [0.1, 0.15) is 11.1 Å². The van der Waals surface area contributed by atoms with Gasteiger partial charge in [0.05, 0.1) is 12.0 Å². The highest BCUT2D eigenvalue weighted by molar-refractivity contribution is 6.01. The third kappa shape index (κ3) is 6.90. The molecule has 0 aliphatic carbocycles. The molecule has 0 aromatic heterocycles. The second kappa shape index (κ2) is 11.8. The minimum atomic E-state index is -1.51. The second-order valence-electron chi connectivity index (χ2n) is 7.72. The maximum absolute atomic E-state index is 12.6. The number of nitro groups is 1. The predicted octanol–water partition coefficient (Wildman–Crippen LogP) is 1.45. The Morgan fingerprint density at radius 3 is 1.97 bits per heavy atom. The molecule has 1 aliphatic rings. The van der Waals surface area contributed by atoms with E-state index < -0.39 is 28.9 Å². The van der Waals surface area contributed by atoms with E-state index in [1.54, 1.807) is 31.4 Å². The number of nitrogens with zero attached hydrogens (tertiary/aromatic N) is 3. The molecule has 0 saturated carbocycles. The number of non-ortho nitro benzene ring substituents is 1. The number of methoxy groups -OCH3 is 1. The van der Waals surface area contributed by atoms with Crippen LogP contribution in [-0.2, 0) is 32.3 Å². The van der Waals surface area contributed by atoms with E-state index in [-0.39, 0.29) is 45.1 Å². The summed E-state index contributed by atoms with van der Waals surface area (Å²) in [4.78, 5) is 50.2. The lowest BCUT2D eigenvalue weighted by Gasteiger charge is -2.34. The first-order valence-electron chi connectivity index (χ1n) is 10.8. The van der Waals surface area contributed by atoms with Crippen molar-refractivity contribution in [3.63, 3.8) is 0 Å². The molecular formula is C23H26N4O8. The molecule has 1 aliphatic heterocycles. The number of amides is 2. The number of benzene rings is 2. The molecule has 3 rings (SSSR count). The standard InChI is InChI=1S/C23H26N4O8/c1-33-19-8-4-17(5-9-19)15-35-23(30)26-12-10-25(11-13-26)21(28)20(24)22(29)34-14-16-2-6-18(7-3-16)27(31)32/h2-9,20H,10-15,24H2,1H3. The van der Waals surface area contributed by atoms with Gasteiger partial charge in [-0.15, -0.1) is 0 Å². The maximum atomic E-state index is 12.6. The van der Waals surface area contributed by atoms with Crippen molar-refractivity contribution in [1.82, 2.24) is 9.80 Å². The smallest absolute Gasteiger partial charge is 0.410 e. The number of carbonyl (C=O) groups excluding carboxylic acids is 3. The van der Waals surface area contributed by atoms with E-state index in [2.05, 4.69) is 0 Å². The molecule has 1 heterocycles. The highest BCUT2D eigenvalue weighted by atomic mass is 16.6. The summed E-state index contributed by atoms with van der Waals surface area (Å²) in [5.41, 5.74) is 7.02. The zero-order valence-electron chi connectivity index (χ0n) is 19.1. The number of carbonyl (C=O) groups is 3. The van der Waals surface area contributed by atoms with Crippen LogP contribution in [0.4, 0.5) is 10.5 Å². The molecule has 0 bridgehead atoms. The summed E-state index contributed by atoms with van der Waals surface area (Å²) in [5.74, 6) is -0.811. The van der Waals surface area contributed by atoms with Gasteiger partial charge in [-0.25, -0.2) is 9.59 Å². The van der Waals surface area contributed by atoms with Gasteiger partial charge in [-0.2, -0.15) is 0 Å². The number of hydrogen-bond donors (Lipinski definition) is 1. The molecule has 12 nitrogen and oxygen atoms in total. The molecule has 0 radical (unpaired) electrons. The summed E-state index contributed by atoms with van der Waals surface area (Å²) < 4.78 is 15.5. The minimum absolute atomic E-state index is 0.0873. The summed E-state index contributed by atoms with van der Waals surface area (Å²) in [6.45, 7) is 0.786. The Bertz CT molecular complexity index is 1050. The summed E-state index contributed by atoms with van der Waals surface area (Å²) >= 11 is 0. The fourth-order valence-corrected chi connectivity index (χ4v) is 3.32. The van der Waals surface area contributed by atoms with Crippen molar-refractivity contribution in [3.05, 3.63) is 69.8 Å².